The molecule has 0 aliphatic heterocycles. The van der Waals surface area contributed by atoms with Crippen molar-refractivity contribution in [3.63, 3.8) is 0 Å². The number of halogens is 1. The van der Waals surface area contributed by atoms with E-state index in [1.165, 1.54) is 0 Å². The molecule has 1 rings (SSSR count). The van der Waals surface area contributed by atoms with E-state index >= 15 is 0 Å². The summed E-state index contributed by atoms with van der Waals surface area (Å²) in [6.45, 7) is 7.60. The van der Waals surface area contributed by atoms with Gasteiger partial charge in [-0.05, 0) is 61.3 Å². The number of hydrogen-bond acceptors (Lipinski definition) is 2. The molecule has 0 aliphatic carbocycles. The Balaban J connectivity index is 2.59. The lowest BCUT2D eigenvalue weighted by atomic mass is 10.1. The van der Waals surface area contributed by atoms with E-state index in [4.69, 9.17) is 0 Å². The average molecular weight is 341 g/mol. The van der Waals surface area contributed by atoms with Crippen LogP contribution >= 0.6 is 15.9 Å². The first kappa shape index (κ1) is 16.7. The molecule has 0 radical (unpaired) electrons. The van der Waals surface area contributed by atoms with Crippen LogP contribution in [0, 0.1) is 6.92 Å². The largest absolute Gasteiger partial charge is 0.354 e. The molecule has 0 spiro atoms. The molecule has 1 atom stereocenters. The molecule has 20 heavy (non-hydrogen) atoms. The lowest BCUT2D eigenvalue weighted by molar-refractivity contribution is -0.121. The number of aryl methyl sites for hydroxylation is 1. The molecule has 1 aromatic carbocycles. The number of carbonyl (C=O) groups is 2. The molecule has 1 unspecified atom stereocenters. The van der Waals surface area contributed by atoms with Crippen molar-refractivity contribution in [2.45, 2.75) is 46.2 Å². The molecule has 0 saturated heterocycles. The van der Waals surface area contributed by atoms with Gasteiger partial charge in [-0.1, -0.05) is 6.07 Å². The minimum atomic E-state index is -0.213. The van der Waals surface area contributed by atoms with Crippen molar-refractivity contribution in [2.75, 3.05) is 0 Å². The van der Waals surface area contributed by atoms with E-state index < -0.39 is 0 Å². The molecule has 0 bridgehead atoms. The quantitative estimate of drug-likeness (QED) is 0.865. The van der Waals surface area contributed by atoms with Gasteiger partial charge in [-0.3, -0.25) is 9.59 Å². The van der Waals surface area contributed by atoms with E-state index in [9.17, 15) is 9.59 Å². The van der Waals surface area contributed by atoms with E-state index in [1.54, 1.807) is 6.07 Å². The second-order valence-electron chi connectivity index (χ2n) is 5.28. The highest BCUT2D eigenvalue weighted by Gasteiger charge is 2.15. The maximum atomic E-state index is 12.1. The third-order valence-corrected chi connectivity index (χ3v) is 3.34. The van der Waals surface area contributed by atoms with Crippen LogP contribution in [0.25, 0.3) is 0 Å². The Labute approximate surface area is 128 Å². The van der Waals surface area contributed by atoms with Gasteiger partial charge in [0.1, 0.15) is 0 Å². The van der Waals surface area contributed by atoms with Crippen LogP contribution in [-0.2, 0) is 4.79 Å². The molecule has 0 aliphatic rings. The van der Waals surface area contributed by atoms with Gasteiger partial charge in [0.2, 0.25) is 5.91 Å². The van der Waals surface area contributed by atoms with Gasteiger partial charge in [-0.2, -0.15) is 0 Å². The Hall–Kier alpha value is -1.36. The zero-order valence-corrected chi connectivity index (χ0v) is 13.9. The van der Waals surface area contributed by atoms with Crippen LogP contribution in [0.1, 0.15) is 43.1 Å². The number of rotatable bonds is 5. The van der Waals surface area contributed by atoms with Crippen LogP contribution in [0.15, 0.2) is 22.7 Å². The lowest BCUT2D eigenvalue weighted by Crippen LogP contribution is -2.39. The molecular formula is C15H21BrN2O2. The first-order valence-electron chi connectivity index (χ1n) is 6.66. The number of carbonyl (C=O) groups excluding carboxylic acids is 2. The Bertz CT molecular complexity index is 501. The van der Waals surface area contributed by atoms with Crippen molar-refractivity contribution in [3.8, 4) is 0 Å². The molecule has 0 heterocycles. The molecule has 0 fully saturated rings. The van der Waals surface area contributed by atoms with Crippen molar-refractivity contribution in [2.24, 2.45) is 0 Å². The molecule has 5 heteroatoms. The van der Waals surface area contributed by atoms with Gasteiger partial charge in [0.25, 0.3) is 5.91 Å². The summed E-state index contributed by atoms with van der Waals surface area (Å²) in [4.78, 5) is 23.7. The van der Waals surface area contributed by atoms with E-state index in [1.807, 2.05) is 39.8 Å². The van der Waals surface area contributed by atoms with E-state index in [0.717, 1.165) is 10.0 Å². The van der Waals surface area contributed by atoms with Crippen LogP contribution < -0.4 is 10.6 Å². The molecule has 0 saturated carbocycles. The van der Waals surface area contributed by atoms with E-state index in [2.05, 4.69) is 26.6 Å². The predicted octanol–water partition coefficient (Wildman–Crippen LogP) is 2.79. The minimum Gasteiger partial charge on any atom is -0.354 e. The van der Waals surface area contributed by atoms with Gasteiger partial charge >= 0.3 is 0 Å². The third kappa shape index (κ3) is 5.33. The summed E-state index contributed by atoms with van der Waals surface area (Å²) in [5.74, 6) is -0.238. The SMILES string of the molecule is Cc1ccc(C(=O)NC(C)CC(=O)NC(C)C)c(Br)c1. The van der Waals surface area contributed by atoms with Gasteiger partial charge in [-0.15, -0.1) is 0 Å². The highest BCUT2D eigenvalue weighted by molar-refractivity contribution is 9.10. The van der Waals surface area contributed by atoms with Crippen molar-refractivity contribution < 1.29 is 9.59 Å². The Kier molecular flexibility index (Phi) is 6.20. The molecule has 110 valence electrons. The summed E-state index contributed by atoms with van der Waals surface area (Å²) in [6.07, 6.45) is 0.271. The molecule has 0 aromatic heterocycles. The first-order chi connectivity index (χ1) is 9.29. The van der Waals surface area contributed by atoms with Crippen LogP contribution in [0.5, 0.6) is 0 Å². The molecule has 2 amide bonds. The molecular weight excluding hydrogens is 320 g/mol. The summed E-state index contributed by atoms with van der Waals surface area (Å²) < 4.78 is 0.758. The van der Waals surface area contributed by atoms with E-state index in [-0.39, 0.29) is 30.3 Å². The fourth-order valence-corrected chi connectivity index (χ4v) is 2.49. The number of nitrogens with one attached hydrogen (secondary N) is 2. The van der Waals surface area contributed by atoms with E-state index in [0.29, 0.717) is 5.56 Å². The fourth-order valence-electron chi connectivity index (χ4n) is 1.82. The summed E-state index contributed by atoms with van der Waals surface area (Å²) >= 11 is 3.38. The summed E-state index contributed by atoms with van der Waals surface area (Å²) in [5.41, 5.74) is 1.66. The van der Waals surface area contributed by atoms with Crippen LogP contribution in [0.2, 0.25) is 0 Å². The van der Waals surface area contributed by atoms with Gasteiger partial charge in [0.15, 0.2) is 0 Å². The number of amides is 2. The number of benzene rings is 1. The Morgan fingerprint density at radius 3 is 2.40 bits per heavy atom. The Morgan fingerprint density at radius 1 is 1.20 bits per heavy atom. The topological polar surface area (TPSA) is 58.2 Å². The van der Waals surface area contributed by atoms with Crippen LogP contribution in [0.3, 0.4) is 0 Å². The minimum absolute atomic E-state index is 0.0595. The Morgan fingerprint density at radius 2 is 1.85 bits per heavy atom. The van der Waals surface area contributed by atoms with Crippen molar-refractivity contribution in [1.29, 1.82) is 0 Å². The van der Waals surface area contributed by atoms with Gasteiger partial charge < -0.3 is 10.6 Å². The maximum absolute atomic E-state index is 12.1. The van der Waals surface area contributed by atoms with Gasteiger partial charge in [0.05, 0.1) is 5.56 Å². The smallest absolute Gasteiger partial charge is 0.252 e. The second kappa shape index (κ2) is 7.43. The van der Waals surface area contributed by atoms with Gasteiger partial charge in [0, 0.05) is 23.0 Å². The predicted molar refractivity (Wildman–Crippen MR) is 83.7 cm³/mol. The normalized spacial score (nSPS) is 12.1. The summed E-state index contributed by atoms with van der Waals surface area (Å²) in [7, 11) is 0. The maximum Gasteiger partial charge on any atom is 0.252 e. The summed E-state index contributed by atoms with van der Waals surface area (Å²) in [6, 6.07) is 5.45. The van der Waals surface area contributed by atoms with Crippen molar-refractivity contribution in [1.82, 2.24) is 10.6 Å². The highest BCUT2D eigenvalue weighted by atomic mass is 79.9. The van der Waals surface area contributed by atoms with Crippen LogP contribution in [0.4, 0.5) is 0 Å². The van der Waals surface area contributed by atoms with Crippen molar-refractivity contribution >= 4 is 27.7 Å². The second-order valence-corrected chi connectivity index (χ2v) is 6.14. The first-order valence-corrected chi connectivity index (χ1v) is 7.45. The lowest BCUT2D eigenvalue weighted by Gasteiger charge is -2.15. The number of hydrogen-bond donors (Lipinski definition) is 2. The highest BCUT2D eigenvalue weighted by Crippen LogP contribution is 2.18. The third-order valence-electron chi connectivity index (χ3n) is 2.69. The monoisotopic (exact) mass is 340 g/mol. The zero-order valence-electron chi connectivity index (χ0n) is 12.3. The molecule has 1 aromatic rings. The molecule has 4 nitrogen and oxygen atoms in total. The van der Waals surface area contributed by atoms with Crippen molar-refractivity contribution in [3.05, 3.63) is 33.8 Å². The van der Waals surface area contributed by atoms with Crippen LogP contribution in [-0.4, -0.2) is 23.9 Å². The average Bonchev–Trinajstić information content (AvgIpc) is 2.26. The summed E-state index contributed by atoms with van der Waals surface area (Å²) in [5, 5.41) is 5.64. The molecule has 2 N–H and O–H groups in total. The standard InChI is InChI=1S/C15H21BrN2O2/c1-9(2)17-14(19)8-11(4)18-15(20)12-6-5-10(3)7-13(12)16/h5-7,9,11H,8H2,1-4H3,(H,17,19)(H,18,20). The fraction of sp³-hybridized carbons (Fsp3) is 0.467. The van der Waals surface area contributed by atoms with Gasteiger partial charge in [-0.25, -0.2) is 0 Å². The zero-order chi connectivity index (χ0) is 15.3.